The second-order valence-corrected chi connectivity index (χ2v) is 10.2. The van der Waals surface area contributed by atoms with Gasteiger partial charge in [-0.05, 0) is 60.2 Å². The second kappa shape index (κ2) is 10.7. The highest BCUT2D eigenvalue weighted by Crippen LogP contribution is 2.36. The van der Waals surface area contributed by atoms with Crippen molar-refractivity contribution < 1.29 is 27.0 Å². The third-order valence-electron chi connectivity index (χ3n) is 6.16. The number of anilines is 1. The van der Waals surface area contributed by atoms with Crippen molar-refractivity contribution in [1.82, 2.24) is 14.8 Å². The first-order valence-corrected chi connectivity index (χ1v) is 13.3. The summed E-state index contributed by atoms with van der Waals surface area (Å²) in [5, 5.41) is 7.83. The van der Waals surface area contributed by atoms with Crippen molar-refractivity contribution in [2.24, 2.45) is 0 Å². The Morgan fingerprint density at radius 2 is 1.62 bits per heavy atom. The fraction of sp³-hybridized carbons (Fsp3) is 0.107. The number of benzene rings is 3. The van der Waals surface area contributed by atoms with Crippen LogP contribution in [0.3, 0.4) is 0 Å². The molecule has 5 rings (SSSR count). The first-order chi connectivity index (χ1) is 19.2. The zero-order chi connectivity index (χ0) is 28.4. The molecule has 0 atom stereocenters. The van der Waals surface area contributed by atoms with Gasteiger partial charge in [0.15, 0.2) is 5.82 Å². The van der Waals surface area contributed by atoms with Gasteiger partial charge in [0.25, 0.3) is 15.6 Å². The third-order valence-corrected chi connectivity index (χ3v) is 7.51. The van der Waals surface area contributed by atoms with Gasteiger partial charge in [-0.3, -0.25) is 14.1 Å². The molecule has 0 bridgehead atoms. The number of hydrogen-bond donors (Lipinski definition) is 1. The summed E-state index contributed by atoms with van der Waals surface area (Å²) in [5.74, 6) is 0.598. The molecule has 0 aliphatic carbocycles. The van der Waals surface area contributed by atoms with E-state index in [-0.39, 0.29) is 27.7 Å². The second-order valence-electron chi connectivity index (χ2n) is 8.55. The maximum Gasteiger partial charge on any atom is 0.263 e. The average molecular weight is 563 g/mol. The van der Waals surface area contributed by atoms with Gasteiger partial charge < -0.3 is 14.2 Å². The Bertz CT molecular complexity index is 1870. The average Bonchev–Trinajstić information content (AvgIpc) is 2.96. The Morgan fingerprint density at radius 3 is 2.27 bits per heavy atom. The summed E-state index contributed by atoms with van der Waals surface area (Å²) in [6, 6.07) is 17.7. The highest BCUT2D eigenvalue weighted by Gasteiger charge is 2.20. The van der Waals surface area contributed by atoms with Crippen LogP contribution in [0.5, 0.6) is 17.2 Å². The van der Waals surface area contributed by atoms with E-state index in [1.807, 2.05) is 0 Å². The van der Waals surface area contributed by atoms with Crippen LogP contribution in [-0.2, 0) is 10.0 Å². The standard InChI is InChI=1S/C28H23FN4O6S/c1-37-19-11-18(12-20(14-19)38-2)22-15-26(39-3)25(16-23(22)29)33-24-8-7-21(13-17(24)6-9-28(33)34)40(35,36)32-27-5-4-10-30-31-27/h4-16H,1-3H3,(H,31,32). The van der Waals surface area contributed by atoms with Crippen LogP contribution in [0.1, 0.15) is 0 Å². The van der Waals surface area contributed by atoms with Crippen LogP contribution in [0.2, 0.25) is 0 Å². The van der Waals surface area contributed by atoms with Gasteiger partial charge >= 0.3 is 0 Å². The van der Waals surface area contributed by atoms with Gasteiger partial charge in [0.1, 0.15) is 23.1 Å². The van der Waals surface area contributed by atoms with E-state index in [1.54, 1.807) is 24.3 Å². The molecule has 0 aliphatic heterocycles. The van der Waals surface area contributed by atoms with Crippen LogP contribution in [0.4, 0.5) is 10.2 Å². The fourth-order valence-corrected chi connectivity index (χ4v) is 5.29. The molecule has 40 heavy (non-hydrogen) atoms. The predicted molar refractivity (Wildman–Crippen MR) is 147 cm³/mol. The molecule has 0 radical (unpaired) electrons. The normalized spacial score (nSPS) is 11.3. The zero-order valence-electron chi connectivity index (χ0n) is 21.6. The Balaban J connectivity index is 1.63. The first-order valence-electron chi connectivity index (χ1n) is 11.8. The minimum absolute atomic E-state index is 0.0570. The Hall–Kier alpha value is -4.97. The molecular weight excluding hydrogens is 539 g/mol. The Morgan fingerprint density at radius 1 is 0.875 bits per heavy atom. The van der Waals surface area contributed by atoms with Crippen molar-refractivity contribution in [2.75, 3.05) is 26.1 Å². The maximum absolute atomic E-state index is 15.6. The topological polar surface area (TPSA) is 122 Å². The number of halogens is 1. The monoisotopic (exact) mass is 562 g/mol. The number of rotatable bonds is 8. The van der Waals surface area contributed by atoms with Crippen LogP contribution in [0.25, 0.3) is 27.7 Å². The van der Waals surface area contributed by atoms with Gasteiger partial charge in [-0.15, -0.1) is 5.10 Å². The van der Waals surface area contributed by atoms with Crippen molar-refractivity contribution in [3.05, 3.63) is 95.2 Å². The first kappa shape index (κ1) is 26.6. The molecule has 12 heteroatoms. The van der Waals surface area contributed by atoms with Gasteiger partial charge in [-0.25, -0.2) is 12.8 Å². The molecular formula is C28H23FN4O6S. The summed E-state index contributed by atoms with van der Waals surface area (Å²) < 4.78 is 61.3. The van der Waals surface area contributed by atoms with Gasteiger partial charge in [0.2, 0.25) is 0 Å². The number of hydrogen-bond acceptors (Lipinski definition) is 8. The fourth-order valence-electron chi connectivity index (χ4n) is 4.26. The molecule has 0 unspecified atom stereocenters. The molecule has 0 spiro atoms. The number of aromatic nitrogens is 3. The Kier molecular flexibility index (Phi) is 7.09. The van der Waals surface area contributed by atoms with Crippen LogP contribution < -0.4 is 24.5 Å². The predicted octanol–water partition coefficient (Wildman–Crippen LogP) is 4.41. The van der Waals surface area contributed by atoms with Gasteiger partial charge in [0, 0.05) is 35.3 Å². The summed E-state index contributed by atoms with van der Waals surface area (Å²) in [5.41, 5.74) is 0.708. The molecule has 204 valence electrons. The van der Waals surface area contributed by atoms with Gasteiger partial charge in [-0.2, -0.15) is 5.10 Å². The van der Waals surface area contributed by atoms with Crippen molar-refractivity contribution in [1.29, 1.82) is 0 Å². The summed E-state index contributed by atoms with van der Waals surface area (Å²) in [6.45, 7) is 0. The lowest BCUT2D eigenvalue weighted by Crippen LogP contribution is -2.19. The zero-order valence-corrected chi connectivity index (χ0v) is 22.4. The molecule has 10 nitrogen and oxygen atoms in total. The van der Waals surface area contributed by atoms with E-state index in [0.29, 0.717) is 28.0 Å². The maximum atomic E-state index is 15.6. The van der Waals surface area contributed by atoms with Crippen LogP contribution in [0, 0.1) is 5.82 Å². The molecule has 3 aromatic carbocycles. The third kappa shape index (κ3) is 5.04. The quantitative estimate of drug-likeness (QED) is 0.295. The van der Waals surface area contributed by atoms with E-state index in [4.69, 9.17) is 14.2 Å². The van der Waals surface area contributed by atoms with Crippen molar-refractivity contribution in [3.63, 3.8) is 0 Å². The lowest BCUT2D eigenvalue weighted by atomic mass is 10.0. The van der Waals surface area contributed by atoms with E-state index in [9.17, 15) is 13.2 Å². The van der Waals surface area contributed by atoms with Crippen molar-refractivity contribution in [3.8, 4) is 34.1 Å². The molecule has 2 heterocycles. The van der Waals surface area contributed by atoms with E-state index in [1.165, 1.54) is 80.6 Å². The minimum Gasteiger partial charge on any atom is -0.497 e. The summed E-state index contributed by atoms with van der Waals surface area (Å²) in [4.78, 5) is 13.0. The summed E-state index contributed by atoms with van der Waals surface area (Å²) >= 11 is 0. The van der Waals surface area contributed by atoms with Crippen molar-refractivity contribution in [2.45, 2.75) is 4.90 Å². The molecule has 1 N–H and O–H groups in total. The van der Waals surface area contributed by atoms with E-state index < -0.39 is 21.4 Å². The molecule has 0 fully saturated rings. The van der Waals surface area contributed by atoms with E-state index >= 15 is 4.39 Å². The molecule has 0 saturated heterocycles. The number of pyridine rings is 1. The summed E-state index contributed by atoms with van der Waals surface area (Å²) in [6.07, 6.45) is 1.42. The molecule has 5 aromatic rings. The van der Waals surface area contributed by atoms with Crippen molar-refractivity contribution >= 4 is 26.7 Å². The number of nitrogens with one attached hydrogen (secondary N) is 1. The highest BCUT2D eigenvalue weighted by molar-refractivity contribution is 7.92. The van der Waals surface area contributed by atoms with Gasteiger partial charge in [-0.1, -0.05) is 0 Å². The smallest absolute Gasteiger partial charge is 0.263 e. The summed E-state index contributed by atoms with van der Waals surface area (Å²) in [7, 11) is 0.392. The van der Waals surface area contributed by atoms with Crippen LogP contribution in [0.15, 0.2) is 88.7 Å². The largest absolute Gasteiger partial charge is 0.497 e. The molecule has 0 saturated carbocycles. The molecule has 0 amide bonds. The lowest BCUT2D eigenvalue weighted by Gasteiger charge is -2.17. The molecule has 2 aromatic heterocycles. The molecule has 0 aliphatic rings. The highest BCUT2D eigenvalue weighted by atomic mass is 32.2. The minimum atomic E-state index is -4.00. The number of nitrogens with zero attached hydrogens (tertiary/aromatic N) is 3. The van der Waals surface area contributed by atoms with E-state index in [0.717, 1.165) is 0 Å². The number of fused-ring (bicyclic) bond motifs is 1. The lowest BCUT2D eigenvalue weighted by molar-refractivity contribution is 0.394. The SMILES string of the molecule is COc1cc(OC)cc(-c2cc(OC)c(-n3c(=O)ccc4cc(S(=O)(=O)Nc5cccnn5)ccc43)cc2F)c1. The van der Waals surface area contributed by atoms with E-state index in [2.05, 4.69) is 14.9 Å². The Labute approximate surface area is 228 Å². The number of ether oxygens (including phenoxy) is 3. The number of methoxy groups -OCH3 is 3. The van der Waals surface area contributed by atoms with Gasteiger partial charge in [0.05, 0.1) is 37.4 Å². The van der Waals surface area contributed by atoms with Crippen LogP contribution >= 0.6 is 0 Å². The number of sulfonamides is 1. The van der Waals surface area contributed by atoms with Crippen LogP contribution in [-0.4, -0.2) is 44.5 Å².